The molecule has 1 aromatic heterocycles. The fourth-order valence-corrected chi connectivity index (χ4v) is 4.70. The molecule has 0 saturated carbocycles. The van der Waals surface area contributed by atoms with Crippen molar-refractivity contribution in [3.63, 3.8) is 0 Å². The lowest BCUT2D eigenvalue weighted by Gasteiger charge is -2.31. The first-order valence-corrected chi connectivity index (χ1v) is 10.6. The third kappa shape index (κ3) is 4.10. The number of carbonyl (C=O) groups is 2. The Balaban J connectivity index is 1.58. The van der Waals surface area contributed by atoms with Crippen molar-refractivity contribution in [2.75, 3.05) is 33.8 Å². The molecule has 2 aliphatic rings. The van der Waals surface area contributed by atoms with Crippen molar-refractivity contribution >= 4 is 11.8 Å². The Morgan fingerprint density at radius 2 is 2.00 bits per heavy atom. The highest BCUT2D eigenvalue weighted by molar-refractivity contribution is 5.87. The number of hydrogen-bond donors (Lipinski definition) is 0. The number of ether oxygens (including phenoxy) is 1. The van der Waals surface area contributed by atoms with Gasteiger partial charge in [-0.3, -0.25) is 14.6 Å². The van der Waals surface area contributed by atoms with E-state index in [1.165, 1.54) is 0 Å². The largest absolute Gasteiger partial charge is 0.368 e. The van der Waals surface area contributed by atoms with Crippen molar-refractivity contribution in [1.82, 2.24) is 14.8 Å². The van der Waals surface area contributed by atoms with Gasteiger partial charge in [0.1, 0.15) is 6.10 Å². The molecule has 2 amide bonds. The van der Waals surface area contributed by atoms with E-state index in [4.69, 9.17) is 4.74 Å². The van der Waals surface area contributed by atoms with E-state index in [9.17, 15) is 9.59 Å². The predicted octanol–water partition coefficient (Wildman–Crippen LogP) is 2.78. The number of rotatable bonds is 5. The molecule has 6 heteroatoms. The topological polar surface area (TPSA) is 62.7 Å². The Hall–Kier alpha value is -2.73. The molecule has 158 valence electrons. The van der Waals surface area contributed by atoms with E-state index >= 15 is 0 Å². The summed E-state index contributed by atoms with van der Waals surface area (Å²) in [6.07, 6.45) is 6.20. The summed E-state index contributed by atoms with van der Waals surface area (Å²) in [5.41, 5.74) is 2.70. The third-order valence-corrected chi connectivity index (χ3v) is 6.21. The first kappa shape index (κ1) is 20.5. The summed E-state index contributed by atoms with van der Waals surface area (Å²) in [6.45, 7) is 1.69. The van der Waals surface area contributed by atoms with Gasteiger partial charge in [-0.05, 0) is 54.5 Å². The fraction of sp³-hybridized carbons (Fsp3) is 0.458. The van der Waals surface area contributed by atoms with Gasteiger partial charge in [0.2, 0.25) is 5.91 Å². The number of nitrogens with zero attached hydrogens (tertiary/aromatic N) is 3. The van der Waals surface area contributed by atoms with Crippen molar-refractivity contribution in [1.29, 1.82) is 0 Å². The molecule has 0 radical (unpaired) electrons. The average Bonchev–Trinajstić information content (AvgIpc) is 3.45. The molecule has 0 bridgehead atoms. The minimum absolute atomic E-state index is 0.0338. The number of aromatic nitrogens is 1. The zero-order valence-corrected chi connectivity index (χ0v) is 17.7. The minimum Gasteiger partial charge on any atom is -0.368 e. The summed E-state index contributed by atoms with van der Waals surface area (Å²) in [5.74, 6) is 0.117. The molecular formula is C24H29N3O3. The molecule has 2 aromatic rings. The molecule has 30 heavy (non-hydrogen) atoms. The SMILES string of the molecule is CN(C)C(=O)[C@]1(Cc2cccc(-c3ccncc3)c2)CCN(C(=O)[C@H]2CCCO2)C1. The van der Waals surface area contributed by atoms with Gasteiger partial charge in [0.15, 0.2) is 0 Å². The highest BCUT2D eigenvalue weighted by Crippen LogP contribution is 2.37. The van der Waals surface area contributed by atoms with Gasteiger partial charge in [-0.2, -0.15) is 0 Å². The number of pyridine rings is 1. The standard InChI is InChI=1S/C24H29N3O3/c1-26(2)23(29)24(10-13-27(17-24)22(28)21-7-4-14-30-21)16-18-5-3-6-20(15-18)19-8-11-25-12-9-19/h3,5-6,8-9,11-12,15,21H,4,7,10,13-14,16-17H2,1-2H3/t21-,24+/m1/s1. The lowest BCUT2D eigenvalue weighted by Crippen LogP contribution is -2.46. The lowest BCUT2D eigenvalue weighted by atomic mass is 9.79. The molecule has 0 N–H and O–H groups in total. The highest BCUT2D eigenvalue weighted by atomic mass is 16.5. The molecule has 2 saturated heterocycles. The molecule has 4 rings (SSSR count). The van der Waals surface area contributed by atoms with Gasteiger partial charge in [0.25, 0.3) is 5.91 Å². The van der Waals surface area contributed by atoms with Crippen molar-refractivity contribution in [3.05, 3.63) is 54.4 Å². The maximum atomic E-state index is 13.3. The van der Waals surface area contributed by atoms with Crippen LogP contribution >= 0.6 is 0 Å². The molecule has 2 atom stereocenters. The van der Waals surface area contributed by atoms with Crippen molar-refractivity contribution in [2.45, 2.75) is 31.8 Å². The second-order valence-electron chi connectivity index (χ2n) is 8.60. The Labute approximate surface area is 177 Å². The van der Waals surface area contributed by atoms with Crippen LogP contribution in [0.1, 0.15) is 24.8 Å². The summed E-state index contributed by atoms with van der Waals surface area (Å²) in [6, 6.07) is 12.3. The number of benzene rings is 1. The van der Waals surface area contributed by atoms with Crippen LogP contribution in [0.2, 0.25) is 0 Å². The first-order chi connectivity index (χ1) is 14.5. The predicted molar refractivity (Wildman–Crippen MR) is 115 cm³/mol. The molecular weight excluding hydrogens is 378 g/mol. The Kier molecular flexibility index (Phi) is 5.86. The number of likely N-dealkylation sites (tertiary alicyclic amines) is 1. The summed E-state index contributed by atoms with van der Waals surface area (Å²) in [5, 5.41) is 0. The smallest absolute Gasteiger partial charge is 0.251 e. The quantitative estimate of drug-likeness (QED) is 0.765. The second kappa shape index (κ2) is 8.56. The van der Waals surface area contributed by atoms with E-state index in [1.807, 2.05) is 23.1 Å². The molecule has 2 aliphatic heterocycles. The lowest BCUT2D eigenvalue weighted by molar-refractivity contribution is -0.142. The van der Waals surface area contributed by atoms with Crippen LogP contribution < -0.4 is 0 Å². The van der Waals surface area contributed by atoms with E-state index in [0.29, 0.717) is 32.5 Å². The Morgan fingerprint density at radius 3 is 2.70 bits per heavy atom. The molecule has 0 unspecified atom stereocenters. The van der Waals surface area contributed by atoms with Crippen LogP contribution in [0.3, 0.4) is 0 Å². The van der Waals surface area contributed by atoms with Gasteiger partial charge in [-0.1, -0.05) is 24.3 Å². The number of carbonyl (C=O) groups excluding carboxylic acids is 2. The third-order valence-electron chi connectivity index (χ3n) is 6.21. The van der Waals surface area contributed by atoms with Crippen LogP contribution in [0, 0.1) is 5.41 Å². The van der Waals surface area contributed by atoms with Crippen molar-refractivity contribution in [3.8, 4) is 11.1 Å². The van der Waals surface area contributed by atoms with Crippen LogP contribution in [0.5, 0.6) is 0 Å². The van der Waals surface area contributed by atoms with Crippen LogP contribution in [0.4, 0.5) is 0 Å². The average molecular weight is 408 g/mol. The maximum Gasteiger partial charge on any atom is 0.251 e. The normalized spacial score (nSPS) is 23.5. The van der Waals surface area contributed by atoms with Gasteiger partial charge in [-0.15, -0.1) is 0 Å². The number of amides is 2. The van der Waals surface area contributed by atoms with E-state index in [1.54, 1.807) is 31.4 Å². The Morgan fingerprint density at radius 1 is 1.20 bits per heavy atom. The van der Waals surface area contributed by atoms with Gasteiger partial charge in [0.05, 0.1) is 5.41 Å². The zero-order valence-electron chi connectivity index (χ0n) is 17.7. The van der Waals surface area contributed by atoms with E-state index in [0.717, 1.165) is 29.5 Å². The minimum atomic E-state index is -0.603. The molecule has 2 fully saturated rings. The van der Waals surface area contributed by atoms with Crippen molar-refractivity contribution in [2.24, 2.45) is 5.41 Å². The van der Waals surface area contributed by atoms with Gasteiger partial charge in [-0.25, -0.2) is 0 Å². The molecule has 0 spiro atoms. The molecule has 3 heterocycles. The van der Waals surface area contributed by atoms with Crippen LogP contribution in [-0.4, -0.2) is 66.5 Å². The second-order valence-corrected chi connectivity index (χ2v) is 8.60. The van der Waals surface area contributed by atoms with E-state index in [2.05, 4.69) is 23.2 Å². The van der Waals surface area contributed by atoms with Gasteiger partial charge in [0, 0.05) is 46.2 Å². The monoisotopic (exact) mass is 407 g/mol. The Bertz CT molecular complexity index is 909. The molecule has 6 nitrogen and oxygen atoms in total. The number of hydrogen-bond acceptors (Lipinski definition) is 4. The van der Waals surface area contributed by atoms with Crippen LogP contribution in [0.25, 0.3) is 11.1 Å². The maximum absolute atomic E-state index is 13.3. The molecule has 1 aromatic carbocycles. The molecule has 0 aliphatic carbocycles. The van der Waals surface area contributed by atoms with Gasteiger partial charge < -0.3 is 14.5 Å². The van der Waals surface area contributed by atoms with E-state index in [-0.39, 0.29) is 17.9 Å². The van der Waals surface area contributed by atoms with Gasteiger partial charge >= 0.3 is 0 Å². The summed E-state index contributed by atoms with van der Waals surface area (Å²) >= 11 is 0. The first-order valence-electron chi connectivity index (χ1n) is 10.6. The van der Waals surface area contributed by atoms with Crippen LogP contribution in [0.15, 0.2) is 48.8 Å². The summed E-state index contributed by atoms with van der Waals surface area (Å²) < 4.78 is 5.59. The fourth-order valence-electron chi connectivity index (χ4n) is 4.70. The van der Waals surface area contributed by atoms with E-state index < -0.39 is 5.41 Å². The highest BCUT2D eigenvalue weighted by Gasteiger charge is 2.47. The van der Waals surface area contributed by atoms with Crippen molar-refractivity contribution < 1.29 is 14.3 Å². The summed E-state index contributed by atoms with van der Waals surface area (Å²) in [7, 11) is 3.59. The summed E-state index contributed by atoms with van der Waals surface area (Å²) in [4.78, 5) is 33.7. The van der Waals surface area contributed by atoms with Crippen LogP contribution in [-0.2, 0) is 20.7 Å². The zero-order chi connectivity index (χ0) is 21.1.